The van der Waals surface area contributed by atoms with Gasteiger partial charge in [0, 0.05) is 11.8 Å². The lowest BCUT2D eigenvalue weighted by Crippen LogP contribution is -2.24. The molecule has 130 valence electrons. The summed E-state index contributed by atoms with van der Waals surface area (Å²) in [4.78, 5) is 12.1. The van der Waals surface area contributed by atoms with Gasteiger partial charge in [0.15, 0.2) is 11.5 Å². The number of carbonyl (C=O) groups is 1. The number of aryl methyl sites for hydroxylation is 1. The van der Waals surface area contributed by atoms with Gasteiger partial charge in [-0.2, -0.15) is 13.2 Å². The Balaban J connectivity index is 1.81. The number of hydrogen-bond acceptors (Lipinski definition) is 3. The van der Waals surface area contributed by atoms with Crippen LogP contribution in [0.5, 0.6) is 0 Å². The summed E-state index contributed by atoms with van der Waals surface area (Å²) in [7, 11) is 0. The van der Waals surface area contributed by atoms with Gasteiger partial charge in [-0.1, -0.05) is 6.07 Å². The van der Waals surface area contributed by atoms with E-state index >= 15 is 0 Å². The quantitative estimate of drug-likeness (QED) is 0.737. The van der Waals surface area contributed by atoms with Gasteiger partial charge in [-0.25, -0.2) is 4.39 Å². The molecule has 3 aromatic rings. The lowest BCUT2D eigenvalue weighted by molar-refractivity contribution is -0.137. The smallest absolute Gasteiger partial charge is 0.345 e. The Hall–Kier alpha value is -2.97. The summed E-state index contributed by atoms with van der Waals surface area (Å²) in [6.07, 6.45) is -3.64. The van der Waals surface area contributed by atoms with Gasteiger partial charge >= 0.3 is 6.18 Å². The third-order valence-corrected chi connectivity index (χ3v) is 3.64. The summed E-state index contributed by atoms with van der Waals surface area (Å²) in [5, 5.41) is 10.0. The average molecular weight is 352 g/mol. The Labute approximate surface area is 139 Å². The first-order chi connectivity index (χ1) is 11.8. The third-order valence-electron chi connectivity index (χ3n) is 3.64. The third kappa shape index (κ3) is 3.44. The molecule has 2 aromatic heterocycles. The molecule has 9 heteroatoms. The van der Waals surface area contributed by atoms with Gasteiger partial charge in [-0.05, 0) is 36.8 Å². The fraction of sp³-hybridized carbons (Fsp3) is 0.188. The summed E-state index contributed by atoms with van der Waals surface area (Å²) in [6, 6.07) is 6.11. The van der Waals surface area contributed by atoms with Gasteiger partial charge in [0.1, 0.15) is 5.82 Å². The number of nitrogens with zero attached hydrogens (tertiary/aromatic N) is 3. The van der Waals surface area contributed by atoms with Crippen molar-refractivity contribution in [1.82, 2.24) is 19.9 Å². The summed E-state index contributed by atoms with van der Waals surface area (Å²) in [6.45, 7) is 1.41. The van der Waals surface area contributed by atoms with E-state index in [1.165, 1.54) is 18.2 Å². The number of carbonyl (C=O) groups excluding carboxylic acids is 1. The normalized spacial score (nSPS) is 11.7. The molecule has 5 nitrogen and oxygen atoms in total. The zero-order valence-electron chi connectivity index (χ0n) is 12.9. The van der Waals surface area contributed by atoms with Gasteiger partial charge in [-0.3, -0.25) is 9.20 Å². The molecule has 0 unspecified atom stereocenters. The SMILES string of the molecule is Cc1ccc(C(=O)NCc2nnc3ccc(C(F)(F)F)cn23)cc1F. The molecular weight excluding hydrogens is 340 g/mol. The zero-order valence-corrected chi connectivity index (χ0v) is 12.9. The molecule has 0 aliphatic heterocycles. The van der Waals surface area contributed by atoms with E-state index in [-0.39, 0.29) is 23.6 Å². The van der Waals surface area contributed by atoms with Crippen molar-refractivity contribution in [1.29, 1.82) is 0 Å². The maximum Gasteiger partial charge on any atom is 0.417 e. The topological polar surface area (TPSA) is 59.3 Å². The van der Waals surface area contributed by atoms with Gasteiger partial charge in [-0.15, -0.1) is 10.2 Å². The minimum absolute atomic E-state index is 0.105. The Morgan fingerprint density at radius 1 is 1.20 bits per heavy atom. The van der Waals surface area contributed by atoms with Crippen molar-refractivity contribution in [2.75, 3.05) is 0 Å². The molecule has 25 heavy (non-hydrogen) atoms. The first-order valence-corrected chi connectivity index (χ1v) is 7.21. The van der Waals surface area contributed by atoms with Gasteiger partial charge in [0.2, 0.25) is 0 Å². The molecule has 0 spiro atoms. The highest BCUT2D eigenvalue weighted by atomic mass is 19.4. The van der Waals surface area contributed by atoms with Crippen LogP contribution in [-0.4, -0.2) is 20.5 Å². The van der Waals surface area contributed by atoms with Crippen LogP contribution in [0.2, 0.25) is 0 Å². The molecule has 0 radical (unpaired) electrons. The molecule has 1 amide bonds. The molecule has 1 N–H and O–H groups in total. The molecule has 0 fully saturated rings. The first kappa shape index (κ1) is 16.9. The second-order valence-electron chi connectivity index (χ2n) is 5.41. The van der Waals surface area contributed by atoms with Crippen molar-refractivity contribution in [3.8, 4) is 0 Å². The number of fused-ring (bicyclic) bond motifs is 1. The van der Waals surface area contributed by atoms with Crippen molar-refractivity contribution in [2.24, 2.45) is 0 Å². The van der Waals surface area contributed by atoms with Gasteiger partial charge in [0.05, 0.1) is 12.1 Å². The van der Waals surface area contributed by atoms with Crippen LogP contribution in [0.15, 0.2) is 36.5 Å². The molecule has 0 saturated carbocycles. The van der Waals surface area contributed by atoms with E-state index in [1.807, 2.05) is 0 Å². The minimum atomic E-state index is -4.50. The van der Waals surface area contributed by atoms with Gasteiger partial charge in [0.25, 0.3) is 5.91 Å². The molecule has 0 aliphatic carbocycles. The second kappa shape index (κ2) is 6.15. The van der Waals surface area contributed by atoms with E-state index in [9.17, 15) is 22.4 Å². The molecular formula is C16H12F4N4O. The average Bonchev–Trinajstić information content (AvgIpc) is 2.96. The lowest BCUT2D eigenvalue weighted by Gasteiger charge is -2.08. The maximum absolute atomic E-state index is 13.5. The summed E-state index contributed by atoms with van der Waals surface area (Å²) < 4.78 is 53.1. The van der Waals surface area contributed by atoms with Crippen molar-refractivity contribution < 1.29 is 22.4 Å². The van der Waals surface area contributed by atoms with E-state index in [0.29, 0.717) is 5.56 Å². The highest BCUT2D eigenvalue weighted by Crippen LogP contribution is 2.29. The Kier molecular flexibility index (Phi) is 4.15. The largest absolute Gasteiger partial charge is 0.417 e. The summed E-state index contributed by atoms with van der Waals surface area (Å²) in [5.74, 6) is -0.958. The zero-order chi connectivity index (χ0) is 18.2. The molecule has 0 saturated heterocycles. The molecule has 0 bridgehead atoms. The number of amides is 1. The fourth-order valence-electron chi connectivity index (χ4n) is 2.22. The lowest BCUT2D eigenvalue weighted by atomic mass is 10.1. The molecule has 2 heterocycles. The standard InChI is InChI=1S/C16H12F4N4O/c1-9-2-3-10(6-12(9)17)15(25)21-7-14-23-22-13-5-4-11(8-24(13)14)16(18,19)20/h2-6,8H,7H2,1H3,(H,21,25). The highest BCUT2D eigenvalue weighted by Gasteiger charge is 2.31. The van der Waals surface area contributed by atoms with Crippen molar-refractivity contribution in [2.45, 2.75) is 19.6 Å². The summed E-state index contributed by atoms with van der Waals surface area (Å²) in [5.41, 5.74) is -0.126. The van der Waals surface area contributed by atoms with Crippen LogP contribution in [0.25, 0.3) is 5.65 Å². The maximum atomic E-state index is 13.5. The molecule has 1 aromatic carbocycles. The van der Waals surface area contributed by atoms with Crippen LogP contribution >= 0.6 is 0 Å². The second-order valence-corrected chi connectivity index (χ2v) is 5.41. The van der Waals surface area contributed by atoms with E-state index in [1.54, 1.807) is 6.92 Å². The number of alkyl halides is 3. The number of aromatic nitrogens is 3. The van der Waals surface area contributed by atoms with E-state index < -0.39 is 23.5 Å². The fourth-order valence-corrected chi connectivity index (χ4v) is 2.22. The minimum Gasteiger partial charge on any atom is -0.345 e. The molecule has 0 atom stereocenters. The highest BCUT2D eigenvalue weighted by molar-refractivity contribution is 5.94. The van der Waals surface area contributed by atoms with Crippen molar-refractivity contribution in [3.05, 3.63) is 64.9 Å². The number of benzene rings is 1. The predicted octanol–water partition coefficient (Wildman–Crippen LogP) is 3.13. The van der Waals surface area contributed by atoms with E-state index in [2.05, 4.69) is 15.5 Å². The van der Waals surface area contributed by atoms with Crippen LogP contribution in [0.1, 0.15) is 27.3 Å². The van der Waals surface area contributed by atoms with Crippen LogP contribution in [0.3, 0.4) is 0 Å². The Morgan fingerprint density at radius 2 is 1.96 bits per heavy atom. The molecule has 3 rings (SSSR count). The summed E-state index contributed by atoms with van der Waals surface area (Å²) >= 11 is 0. The Morgan fingerprint density at radius 3 is 2.64 bits per heavy atom. The first-order valence-electron chi connectivity index (χ1n) is 7.21. The number of rotatable bonds is 3. The number of pyridine rings is 1. The number of nitrogens with one attached hydrogen (secondary N) is 1. The Bertz CT molecular complexity index is 949. The van der Waals surface area contributed by atoms with Crippen molar-refractivity contribution >= 4 is 11.6 Å². The molecule has 0 aliphatic rings. The van der Waals surface area contributed by atoms with Crippen LogP contribution in [0.4, 0.5) is 17.6 Å². The van der Waals surface area contributed by atoms with E-state index in [0.717, 1.165) is 22.7 Å². The number of halogens is 4. The predicted molar refractivity (Wildman–Crippen MR) is 80.3 cm³/mol. The van der Waals surface area contributed by atoms with Crippen LogP contribution in [0, 0.1) is 12.7 Å². The monoisotopic (exact) mass is 352 g/mol. The van der Waals surface area contributed by atoms with Crippen LogP contribution < -0.4 is 5.32 Å². The van der Waals surface area contributed by atoms with Crippen molar-refractivity contribution in [3.63, 3.8) is 0 Å². The number of hydrogen-bond donors (Lipinski definition) is 1. The van der Waals surface area contributed by atoms with E-state index in [4.69, 9.17) is 0 Å². The van der Waals surface area contributed by atoms with Gasteiger partial charge < -0.3 is 5.32 Å². The van der Waals surface area contributed by atoms with Crippen LogP contribution in [-0.2, 0) is 12.7 Å².